The van der Waals surface area contributed by atoms with Crippen molar-refractivity contribution in [2.24, 2.45) is 11.8 Å². The number of aliphatic hydroxyl groups is 1. The predicted molar refractivity (Wildman–Crippen MR) is 55.7 cm³/mol. The Morgan fingerprint density at radius 3 is 1.84 bits per heavy atom. The van der Waals surface area contributed by atoms with Crippen molar-refractivity contribution in [3.8, 4) is 0 Å². The van der Waals surface area contributed by atoms with Crippen LogP contribution in [0.2, 0.25) is 0 Å². The topological polar surface area (TPSA) is 141 Å². The van der Waals surface area contributed by atoms with Crippen molar-refractivity contribution >= 4 is 15.2 Å². The summed E-state index contributed by atoms with van der Waals surface area (Å²) in [6, 6.07) is 0. The zero-order valence-electron chi connectivity index (χ0n) is 11.4. The molecule has 11 heteroatoms. The molecule has 19 heavy (non-hydrogen) atoms. The molecule has 0 saturated heterocycles. The Balaban J connectivity index is 0. The van der Waals surface area contributed by atoms with Crippen molar-refractivity contribution in [1.29, 1.82) is 0 Å². The molecule has 0 bridgehead atoms. The molecule has 1 rings (SSSR count). The van der Waals surface area contributed by atoms with Gasteiger partial charge in [-0.25, -0.2) is 0 Å². The Labute approximate surface area is 156 Å². The first kappa shape index (κ1) is 23.5. The molecule has 0 aromatic rings. The van der Waals surface area contributed by atoms with Crippen LogP contribution in [-0.4, -0.2) is 20.0 Å². The van der Waals surface area contributed by atoms with E-state index in [1.165, 1.54) is 0 Å². The van der Waals surface area contributed by atoms with E-state index in [0.29, 0.717) is 18.8 Å². The van der Waals surface area contributed by atoms with Gasteiger partial charge in [0.25, 0.3) is 0 Å². The van der Waals surface area contributed by atoms with Crippen LogP contribution in [0, 0.1) is 11.8 Å². The first-order valence-electron chi connectivity index (χ1n) is 5.27. The van der Waals surface area contributed by atoms with Crippen molar-refractivity contribution in [2.75, 3.05) is 0 Å². The van der Waals surface area contributed by atoms with Crippen LogP contribution in [0.25, 0.3) is 0 Å². The summed E-state index contributed by atoms with van der Waals surface area (Å²) in [5.41, 5.74) is 0. The second-order valence-corrected chi connectivity index (χ2v) is 8.72. The van der Waals surface area contributed by atoms with E-state index in [1.807, 2.05) is 6.92 Å². The first-order chi connectivity index (χ1) is 7.47. The molecular weight excluding hydrogens is 316 g/mol. The van der Waals surface area contributed by atoms with E-state index in [-0.39, 0.29) is 65.0 Å². The standard InChI is InChI=1S/C8H18O7P2.2Na/c1-6-2-3-7(4-6)5-8(9,16(10,11)12)17(13,14)15;;/h6-7,9H,2-5H2,1H3,(H2,10,11,12)(H2,13,14,15);;/q;2*+1/p-2. The third kappa shape index (κ3) is 5.76. The molecule has 4 atom stereocenters. The largest absolute Gasteiger partial charge is 1.00 e. The first-order valence-corrected chi connectivity index (χ1v) is 8.43. The van der Waals surface area contributed by atoms with Crippen molar-refractivity contribution in [3.63, 3.8) is 0 Å². The monoisotopic (exact) mass is 332 g/mol. The van der Waals surface area contributed by atoms with Gasteiger partial charge >= 0.3 is 59.1 Å². The summed E-state index contributed by atoms with van der Waals surface area (Å²) in [6.45, 7) is 1.92. The normalized spacial score (nSPS) is 32.1. The van der Waals surface area contributed by atoms with Crippen LogP contribution in [0.5, 0.6) is 0 Å². The minimum absolute atomic E-state index is 0. The molecule has 0 aromatic carbocycles. The Kier molecular flexibility index (Phi) is 10.2. The van der Waals surface area contributed by atoms with E-state index in [9.17, 15) is 24.0 Å². The fourth-order valence-electron chi connectivity index (χ4n) is 2.29. The van der Waals surface area contributed by atoms with Gasteiger partial charge in [-0.1, -0.05) is 19.8 Å². The van der Waals surface area contributed by atoms with Gasteiger partial charge in [-0.2, -0.15) is 0 Å². The molecule has 1 fully saturated rings. The van der Waals surface area contributed by atoms with Gasteiger partial charge in [0.2, 0.25) is 0 Å². The molecule has 1 aliphatic carbocycles. The fourth-order valence-corrected chi connectivity index (χ4v) is 4.54. The van der Waals surface area contributed by atoms with Crippen LogP contribution >= 0.6 is 15.2 Å². The van der Waals surface area contributed by atoms with Gasteiger partial charge in [0.15, 0.2) is 20.3 Å². The van der Waals surface area contributed by atoms with Crippen LogP contribution in [0.1, 0.15) is 32.6 Å². The smallest absolute Gasteiger partial charge is 0.776 e. The second-order valence-electron chi connectivity index (χ2n) is 4.80. The predicted octanol–water partition coefficient (Wildman–Crippen LogP) is -6.44. The van der Waals surface area contributed by atoms with E-state index in [0.717, 1.165) is 6.42 Å². The molecule has 0 amide bonds. The molecule has 0 heterocycles. The van der Waals surface area contributed by atoms with Crippen LogP contribution in [-0.2, 0) is 9.13 Å². The van der Waals surface area contributed by atoms with E-state index in [4.69, 9.17) is 9.79 Å². The van der Waals surface area contributed by atoms with Gasteiger partial charge in [-0.15, -0.1) is 0 Å². The average Bonchev–Trinajstić information content (AvgIpc) is 2.47. The third-order valence-corrected chi connectivity index (χ3v) is 6.96. The molecule has 0 radical (unpaired) electrons. The minimum atomic E-state index is -5.60. The molecule has 0 aromatic heterocycles. The molecule has 1 saturated carbocycles. The SMILES string of the molecule is CC1CCC(CC(O)(P(=O)([O-])O)P(=O)([O-])O)C1.[Na+].[Na+]. The van der Waals surface area contributed by atoms with Crippen molar-refractivity contribution in [2.45, 2.75) is 37.7 Å². The molecule has 7 nitrogen and oxygen atoms in total. The van der Waals surface area contributed by atoms with Gasteiger partial charge in [0.1, 0.15) is 0 Å². The van der Waals surface area contributed by atoms with Gasteiger partial charge < -0.3 is 33.8 Å². The molecule has 102 valence electrons. The molecular formula is C8H16Na2O7P2. The summed E-state index contributed by atoms with van der Waals surface area (Å²) in [7, 11) is -11.2. The zero-order chi connectivity index (χ0) is 13.5. The molecule has 3 N–H and O–H groups in total. The van der Waals surface area contributed by atoms with Crippen LogP contribution in [0.3, 0.4) is 0 Å². The van der Waals surface area contributed by atoms with E-state index < -0.39 is 26.7 Å². The quantitative estimate of drug-likeness (QED) is 0.343. The van der Waals surface area contributed by atoms with Crippen molar-refractivity contribution in [3.05, 3.63) is 0 Å². The van der Waals surface area contributed by atoms with Crippen LogP contribution in [0.15, 0.2) is 0 Å². The second kappa shape index (κ2) is 8.21. The van der Waals surface area contributed by atoms with Gasteiger partial charge in [-0.05, 0) is 24.7 Å². The van der Waals surface area contributed by atoms with Crippen LogP contribution in [0.4, 0.5) is 0 Å². The van der Waals surface area contributed by atoms with Gasteiger partial charge in [0.05, 0.1) is 0 Å². The van der Waals surface area contributed by atoms with Crippen LogP contribution < -0.4 is 68.9 Å². The molecule has 4 unspecified atom stereocenters. The van der Waals surface area contributed by atoms with Crippen molar-refractivity contribution in [1.82, 2.24) is 0 Å². The summed E-state index contributed by atoms with van der Waals surface area (Å²) >= 11 is 0. The summed E-state index contributed by atoms with van der Waals surface area (Å²) in [5.74, 6) is -0.0439. The fraction of sp³-hybridized carbons (Fsp3) is 1.00. The average molecular weight is 332 g/mol. The van der Waals surface area contributed by atoms with Crippen molar-refractivity contribution < 1.29 is 92.9 Å². The van der Waals surface area contributed by atoms with E-state index in [2.05, 4.69) is 0 Å². The van der Waals surface area contributed by atoms with E-state index in [1.54, 1.807) is 0 Å². The van der Waals surface area contributed by atoms with Gasteiger partial charge in [0, 0.05) is 0 Å². The summed E-state index contributed by atoms with van der Waals surface area (Å²) < 4.78 is 21.9. The third-order valence-electron chi connectivity index (χ3n) is 3.27. The van der Waals surface area contributed by atoms with Gasteiger partial charge in [-0.3, -0.25) is 0 Å². The summed E-state index contributed by atoms with van der Waals surface area (Å²) in [5, 5.41) is 6.12. The van der Waals surface area contributed by atoms with E-state index >= 15 is 0 Å². The maximum Gasteiger partial charge on any atom is 1.00 e. The molecule has 0 spiro atoms. The Morgan fingerprint density at radius 2 is 1.58 bits per heavy atom. The molecule has 1 aliphatic rings. The summed E-state index contributed by atoms with van der Waals surface area (Å²) in [6.07, 6.45) is 1.22. The Bertz CT molecular complexity index is 357. The number of rotatable bonds is 4. The number of hydrogen-bond donors (Lipinski definition) is 3. The minimum Gasteiger partial charge on any atom is -0.776 e. The maximum atomic E-state index is 11.0. The summed E-state index contributed by atoms with van der Waals surface area (Å²) in [4.78, 5) is 39.6. The number of hydrogen-bond acceptors (Lipinski definition) is 5. The Hall–Kier alpha value is 2.26. The molecule has 0 aliphatic heterocycles. The zero-order valence-corrected chi connectivity index (χ0v) is 17.1. The Morgan fingerprint density at radius 1 is 1.16 bits per heavy atom. The maximum absolute atomic E-state index is 11.0.